The number of nitriles is 1. The van der Waals surface area contributed by atoms with Crippen molar-refractivity contribution >= 4 is 22.2 Å². The third-order valence-corrected chi connectivity index (χ3v) is 5.54. The van der Waals surface area contributed by atoms with Crippen LogP contribution in [0.4, 0.5) is 0 Å². The number of H-pyrrole nitrogens is 1. The summed E-state index contributed by atoms with van der Waals surface area (Å²) in [6.45, 7) is 6.14. The van der Waals surface area contributed by atoms with E-state index in [2.05, 4.69) is 47.2 Å². The number of hydrogen-bond donors (Lipinski definition) is 1. The van der Waals surface area contributed by atoms with Gasteiger partial charge in [0.2, 0.25) is 0 Å². The molecular weight excluding hydrogens is 326 g/mol. The molecule has 2 aromatic carbocycles. The number of hydrogen-bond acceptors (Lipinski definition) is 3. The standard InChI is InChI=1S/C21H17N3S/c1-12-8-15(11-22)4-6-18(12)16-5-7-19-17(9-16)10-20(24-19)21-13(2)23-14(3)25-21/h4-10,24H,1-3H3. The normalized spacial score (nSPS) is 11.0. The van der Waals surface area contributed by atoms with E-state index in [1.54, 1.807) is 11.3 Å². The Bertz CT molecular complexity index is 1140. The number of rotatable bonds is 2. The van der Waals surface area contributed by atoms with Crippen LogP contribution in [-0.4, -0.2) is 9.97 Å². The lowest BCUT2D eigenvalue weighted by Gasteiger charge is -2.06. The molecule has 0 aliphatic rings. The molecule has 0 unspecified atom stereocenters. The van der Waals surface area contributed by atoms with Crippen LogP contribution < -0.4 is 0 Å². The van der Waals surface area contributed by atoms with Gasteiger partial charge < -0.3 is 4.98 Å². The second-order valence-corrected chi connectivity index (χ2v) is 7.48. The number of aryl methyl sites for hydroxylation is 3. The van der Waals surface area contributed by atoms with E-state index in [9.17, 15) is 0 Å². The third kappa shape index (κ3) is 2.73. The van der Waals surface area contributed by atoms with E-state index in [1.807, 2.05) is 32.0 Å². The zero-order chi connectivity index (χ0) is 17.6. The SMILES string of the molecule is Cc1nc(C)c(-c2cc3cc(-c4ccc(C#N)cc4C)ccc3[nH]2)s1. The predicted molar refractivity (Wildman–Crippen MR) is 104 cm³/mol. The molecule has 1 N–H and O–H groups in total. The molecule has 0 bridgehead atoms. The highest BCUT2D eigenvalue weighted by Gasteiger charge is 2.11. The third-order valence-electron chi connectivity index (χ3n) is 4.44. The first-order valence-electron chi connectivity index (χ1n) is 8.13. The molecule has 122 valence electrons. The molecule has 2 heterocycles. The molecule has 4 rings (SSSR count). The summed E-state index contributed by atoms with van der Waals surface area (Å²) in [7, 11) is 0. The fourth-order valence-corrected chi connectivity index (χ4v) is 4.15. The summed E-state index contributed by atoms with van der Waals surface area (Å²) in [5.74, 6) is 0. The van der Waals surface area contributed by atoms with Gasteiger partial charge in [-0.1, -0.05) is 12.1 Å². The highest BCUT2D eigenvalue weighted by molar-refractivity contribution is 7.15. The minimum absolute atomic E-state index is 0.697. The van der Waals surface area contributed by atoms with Gasteiger partial charge in [0.15, 0.2) is 0 Å². The van der Waals surface area contributed by atoms with Crippen LogP contribution in [-0.2, 0) is 0 Å². The largest absolute Gasteiger partial charge is 0.354 e. The van der Waals surface area contributed by atoms with Crippen molar-refractivity contribution in [3.05, 3.63) is 64.3 Å². The molecule has 25 heavy (non-hydrogen) atoms. The van der Waals surface area contributed by atoms with E-state index in [4.69, 9.17) is 5.26 Å². The molecular formula is C21H17N3S. The summed E-state index contributed by atoms with van der Waals surface area (Å²) in [6, 6.07) is 16.7. The molecule has 0 amide bonds. The van der Waals surface area contributed by atoms with Crippen molar-refractivity contribution in [1.29, 1.82) is 5.26 Å². The van der Waals surface area contributed by atoms with Gasteiger partial charge in [0.25, 0.3) is 0 Å². The first kappa shape index (κ1) is 15.6. The van der Waals surface area contributed by atoms with Crippen LogP contribution in [0, 0.1) is 32.1 Å². The van der Waals surface area contributed by atoms with E-state index >= 15 is 0 Å². The van der Waals surface area contributed by atoms with Gasteiger partial charge in [-0.15, -0.1) is 11.3 Å². The number of nitrogens with zero attached hydrogens (tertiary/aromatic N) is 2. The average molecular weight is 343 g/mol. The Kier molecular flexibility index (Phi) is 3.67. The van der Waals surface area contributed by atoms with Gasteiger partial charge in [0, 0.05) is 10.9 Å². The second kappa shape index (κ2) is 5.87. The Morgan fingerprint density at radius 1 is 1.04 bits per heavy atom. The number of benzene rings is 2. The Balaban J connectivity index is 1.81. The van der Waals surface area contributed by atoms with Crippen molar-refractivity contribution in [3.63, 3.8) is 0 Å². The fraction of sp³-hybridized carbons (Fsp3) is 0.143. The van der Waals surface area contributed by atoms with Crippen molar-refractivity contribution in [2.75, 3.05) is 0 Å². The Hall–Kier alpha value is -2.90. The molecule has 0 radical (unpaired) electrons. The monoisotopic (exact) mass is 343 g/mol. The molecule has 0 fully saturated rings. The zero-order valence-corrected chi connectivity index (χ0v) is 15.2. The minimum Gasteiger partial charge on any atom is -0.354 e. The van der Waals surface area contributed by atoms with E-state index in [0.717, 1.165) is 38.6 Å². The maximum atomic E-state index is 9.04. The average Bonchev–Trinajstić information content (AvgIpc) is 3.16. The molecule has 0 saturated carbocycles. The summed E-state index contributed by atoms with van der Waals surface area (Å²) in [4.78, 5) is 9.23. The predicted octanol–water partition coefficient (Wildman–Crippen LogP) is 5.76. The topological polar surface area (TPSA) is 52.5 Å². The maximum absolute atomic E-state index is 9.04. The number of fused-ring (bicyclic) bond motifs is 1. The fourth-order valence-electron chi connectivity index (χ4n) is 3.26. The molecule has 4 aromatic rings. The van der Waals surface area contributed by atoms with E-state index < -0.39 is 0 Å². The van der Waals surface area contributed by atoms with Gasteiger partial charge in [0.05, 0.1) is 32.9 Å². The van der Waals surface area contributed by atoms with Crippen molar-refractivity contribution in [1.82, 2.24) is 9.97 Å². The van der Waals surface area contributed by atoms with E-state index in [1.165, 1.54) is 10.3 Å². The zero-order valence-electron chi connectivity index (χ0n) is 14.3. The van der Waals surface area contributed by atoms with Gasteiger partial charge >= 0.3 is 0 Å². The quantitative estimate of drug-likeness (QED) is 0.503. The Morgan fingerprint density at radius 3 is 2.56 bits per heavy atom. The molecule has 0 aliphatic carbocycles. The van der Waals surface area contributed by atoms with Crippen molar-refractivity contribution < 1.29 is 0 Å². The molecule has 0 saturated heterocycles. The smallest absolute Gasteiger partial charge is 0.0991 e. The van der Waals surface area contributed by atoms with Crippen LogP contribution >= 0.6 is 11.3 Å². The number of nitrogens with one attached hydrogen (secondary N) is 1. The van der Waals surface area contributed by atoms with E-state index in [0.29, 0.717) is 5.56 Å². The van der Waals surface area contributed by atoms with Crippen molar-refractivity contribution in [2.45, 2.75) is 20.8 Å². The molecule has 0 atom stereocenters. The number of aromatic nitrogens is 2. The van der Waals surface area contributed by atoms with Crippen molar-refractivity contribution in [2.24, 2.45) is 0 Å². The van der Waals surface area contributed by atoms with Gasteiger partial charge in [0.1, 0.15) is 0 Å². The van der Waals surface area contributed by atoms with Crippen LogP contribution in [0.3, 0.4) is 0 Å². The summed E-state index contributed by atoms with van der Waals surface area (Å²) in [5, 5.41) is 11.3. The summed E-state index contributed by atoms with van der Waals surface area (Å²) in [5.41, 5.74) is 7.44. The lowest BCUT2D eigenvalue weighted by Crippen LogP contribution is -1.85. The molecule has 4 heteroatoms. The van der Waals surface area contributed by atoms with Gasteiger partial charge in [-0.3, -0.25) is 0 Å². The highest BCUT2D eigenvalue weighted by atomic mass is 32.1. The van der Waals surface area contributed by atoms with Crippen LogP contribution in [0.2, 0.25) is 0 Å². The summed E-state index contributed by atoms with van der Waals surface area (Å²) >= 11 is 1.72. The lowest BCUT2D eigenvalue weighted by molar-refractivity contribution is 1.20. The molecule has 2 aromatic heterocycles. The Labute approximate surface area is 150 Å². The van der Waals surface area contributed by atoms with Crippen LogP contribution in [0.5, 0.6) is 0 Å². The first-order valence-corrected chi connectivity index (χ1v) is 8.95. The Morgan fingerprint density at radius 2 is 1.88 bits per heavy atom. The number of thiazole rings is 1. The van der Waals surface area contributed by atoms with Gasteiger partial charge in [-0.05, 0) is 67.8 Å². The summed E-state index contributed by atoms with van der Waals surface area (Å²) < 4.78 is 0. The van der Waals surface area contributed by atoms with Gasteiger partial charge in [-0.25, -0.2) is 4.98 Å². The molecule has 3 nitrogen and oxygen atoms in total. The lowest BCUT2D eigenvalue weighted by atomic mass is 9.98. The maximum Gasteiger partial charge on any atom is 0.0991 e. The molecule has 0 spiro atoms. The number of aromatic amines is 1. The second-order valence-electron chi connectivity index (χ2n) is 6.27. The van der Waals surface area contributed by atoms with Crippen molar-refractivity contribution in [3.8, 4) is 27.8 Å². The minimum atomic E-state index is 0.697. The van der Waals surface area contributed by atoms with Crippen LogP contribution in [0.15, 0.2) is 42.5 Å². The van der Waals surface area contributed by atoms with Crippen LogP contribution in [0.25, 0.3) is 32.6 Å². The van der Waals surface area contributed by atoms with Gasteiger partial charge in [-0.2, -0.15) is 5.26 Å². The van der Waals surface area contributed by atoms with Crippen LogP contribution in [0.1, 0.15) is 21.8 Å². The first-order chi connectivity index (χ1) is 12.0. The highest BCUT2D eigenvalue weighted by Crippen LogP contribution is 2.33. The molecule has 0 aliphatic heterocycles. The summed E-state index contributed by atoms with van der Waals surface area (Å²) in [6.07, 6.45) is 0. The van der Waals surface area contributed by atoms with E-state index in [-0.39, 0.29) is 0 Å².